The Balaban J connectivity index is 1.79. The average molecular weight is 646 g/mol. The second-order valence-corrected chi connectivity index (χ2v) is 13.1. The molecule has 4 aromatic rings. The van der Waals surface area contributed by atoms with Gasteiger partial charge in [-0.3, -0.25) is 13.9 Å². The molecule has 0 aromatic heterocycles. The monoisotopic (exact) mass is 645 g/mol. The highest BCUT2D eigenvalue weighted by Gasteiger charge is 2.35. The van der Waals surface area contributed by atoms with Gasteiger partial charge in [0, 0.05) is 19.0 Å². The van der Waals surface area contributed by atoms with Gasteiger partial charge in [-0.05, 0) is 87.4 Å². The molecule has 8 nitrogen and oxygen atoms in total. The van der Waals surface area contributed by atoms with Crippen LogP contribution < -0.4 is 14.4 Å². The summed E-state index contributed by atoms with van der Waals surface area (Å²) in [6.45, 7) is 7.28. The molecule has 0 heterocycles. The Kier molecular flexibility index (Phi) is 11.5. The number of nitrogens with zero attached hydrogens (tertiary/aromatic N) is 2. The van der Waals surface area contributed by atoms with E-state index in [1.54, 1.807) is 0 Å². The highest BCUT2D eigenvalue weighted by Crippen LogP contribution is 2.27. The summed E-state index contributed by atoms with van der Waals surface area (Å²) in [7, 11) is -4.32. The van der Waals surface area contributed by atoms with Gasteiger partial charge in [-0.1, -0.05) is 60.2 Å². The molecule has 1 atom stereocenters. The maximum absolute atomic E-state index is 14.5. The Hall–Kier alpha value is -4.70. The van der Waals surface area contributed by atoms with E-state index in [1.807, 2.05) is 82.3 Å². The average Bonchev–Trinajstić information content (AvgIpc) is 3.03. The quantitative estimate of drug-likeness (QED) is 0.185. The maximum Gasteiger partial charge on any atom is 0.264 e. The normalized spacial score (nSPS) is 12.0. The zero-order chi connectivity index (χ0) is 33.3. The van der Waals surface area contributed by atoms with Gasteiger partial charge in [0.05, 0.1) is 17.2 Å². The van der Waals surface area contributed by atoms with Gasteiger partial charge in [-0.2, -0.15) is 0 Å². The van der Waals surface area contributed by atoms with E-state index in [0.717, 1.165) is 33.1 Å². The van der Waals surface area contributed by atoms with Crippen LogP contribution in [0.3, 0.4) is 0 Å². The Morgan fingerprint density at radius 2 is 1.48 bits per heavy atom. The third-order valence-corrected chi connectivity index (χ3v) is 9.08. The number of amides is 2. The van der Waals surface area contributed by atoms with Crippen LogP contribution in [0.4, 0.5) is 10.1 Å². The lowest BCUT2D eigenvalue weighted by atomic mass is 10.0. The number of carbonyl (C=O) groups is 2. The van der Waals surface area contributed by atoms with Crippen molar-refractivity contribution in [2.45, 2.75) is 57.6 Å². The van der Waals surface area contributed by atoms with Crippen LogP contribution in [0, 0.1) is 12.7 Å². The number of aryl methyl sites for hydroxylation is 1. The largest absolute Gasteiger partial charge is 0.494 e. The molecule has 4 rings (SSSR count). The Bertz CT molecular complexity index is 1700. The zero-order valence-electron chi connectivity index (χ0n) is 26.5. The van der Waals surface area contributed by atoms with Crippen LogP contribution in [-0.2, 0) is 32.6 Å². The van der Waals surface area contributed by atoms with E-state index in [1.165, 1.54) is 41.3 Å². The van der Waals surface area contributed by atoms with E-state index in [9.17, 15) is 22.4 Å². The summed E-state index contributed by atoms with van der Waals surface area (Å²) in [6.07, 6.45) is 0.208. The Labute approximate surface area is 270 Å². The minimum absolute atomic E-state index is 0.0580. The highest BCUT2D eigenvalue weighted by atomic mass is 32.2. The summed E-state index contributed by atoms with van der Waals surface area (Å²) in [5.41, 5.74) is 2.75. The molecule has 0 saturated heterocycles. The number of carbonyl (C=O) groups excluding carboxylic acids is 2. The first-order chi connectivity index (χ1) is 22.0. The molecule has 46 heavy (non-hydrogen) atoms. The number of nitrogens with one attached hydrogen (secondary N) is 1. The third-order valence-electron chi connectivity index (χ3n) is 7.29. The first-order valence-corrected chi connectivity index (χ1v) is 16.6. The Morgan fingerprint density at radius 1 is 0.848 bits per heavy atom. The van der Waals surface area contributed by atoms with Gasteiger partial charge in [0.15, 0.2) is 0 Å². The molecule has 0 radical (unpaired) electrons. The fourth-order valence-corrected chi connectivity index (χ4v) is 6.38. The van der Waals surface area contributed by atoms with E-state index < -0.39 is 34.3 Å². The topological polar surface area (TPSA) is 96.0 Å². The number of anilines is 1. The molecule has 10 heteroatoms. The van der Waals surface area contributed by atoms with Crippen molar-refractivity contribution >= 4 is 27.5 Å². The molecule has 2 amide bonds. The van der Waals surface area contributed by atoms with Crippen molar-refractivity contribution in [2.24, 2.45) is 0 Å². The van der Waals surface area contributed by atoms with Crippen molar-refractivity contribution in [3.05, 3.63) is 126 Å². The van der Waals surface area contributed by atoms with Gasteiger partial charge < -0.3 is 15.0 Å². The molecule has 0 fully saturated rings. The molecule has 1 N–H and O–H groups in total. The van der Waals surface area contributed by atoms with Crippen LogP contribution in [0.2, 0.25) is 0 Å². The molecule has 0 aliphatic carbocycles. The maximum atomic E-state index is 14.5. The number of hydrogen-bond donors (Lipinski definition) is 1. The van der Waals surface area contributed by atoms with Gasteiger partial charge in [0.25, 0.3) is 10.0 Å². The van der Waals surface area contributed by atoms with Crippen LogP contribution in [0.1, 0.15) is 37.5 Å². The van der Waals surface area contributed by atoms with Gasteiger partial charge in [0.2, 0.25) is 11.8 Å². The number of sulfonamides is 1. The first kappa shape index (κ1) is 34.2. The second-order valence-electron chi connectivity index (χ2n) is 11.3. The summed E-state index contributed by atoms with van der Waals surface area (Å²) >= 11 is 0. The number of halogens is 1. The third kappa shape index (κ3) is 8.94. The summed E-state index contributed by atoms with van der Waals surface area (Å²) < 4.78 is 48.6. The predicted molar refractivity (Wildman–Crippen MR) is 177 cm³/mol. The second kappa shape index (κ2) is 15.5. The van der Waals surface area contributed by atoms with Gasteiger partial charge in [-0.25, -0.2) is 12.8 Å². The number of ether oxygens (including phenoxy) is 1. The molecule has 242 valence electrons. The molecule has 4 aromatic carbocycles. The Morgan fingerprint density at radius 3 is 2.07 bits per heavy atom. The minimum atomic E-state index is -4.32. The molecule has 0 unspecified atom stereocenters. The number of rotatable bonds is 14. The van der Waals surface area contributed by atoms with Crippen molar-refractivity contribution in [1.29, 1.82) is 0 Å². The van der Waals surface area contributed by atoms with Gasteiger partial charge in [0.1, 0.15) is 24.2 Å². The highest BCUT2D eigenvalue weighted by molar-refractivity contribution is 7.92. The fraction of sp³-hybridized carbons (Fsp3) is 0.278. The SMILES string of the molecule is CCOc1ccc(S(=O)(=O)N(CC(=O)N(Cc2ccc(C)cc2)[C@H](Cc2ccccc2)C(=O)NC(C)C)c2ccc(F)cc2)cc1. The minimum Gasteiger partial charge on any atom is -0.494 e. The van der Waals surface area contributed by atoms with E-state index in [0.29, 0.717) is 12.4 Å². The predicted octanol–water partition coefficient (Wildman–Crippen LogP) is 5.89. The summed E-state index contributed by atoms with van der Waals surface area (Å²) in [4.78, 5) is 29.6. The van der Waals surface area contributed by atoms with Gasteiger partial charge in [-0.15, -0.1) is 0 Å². The van der Waals surface area contributed by atoms with Crippen LogP contribution in [0.5, 0.6) is 5.75 Å². The zero-order valence-corrected chi connectivity index (χ0v) is 27.3. The van der Waals surface area contributed by atoms with Gasteiger partial charge >= 0.3 is 0 Å². The van der Waals surface area contributed by atoms with Crippen molar-refractivity contribution in [3.8, 4) is 5.75 Å². The van der Waals surface area contributed by atoms with Crippen LogP contribution in [-0.4, -0.2) is 50.4 Å². The summed E-state index contributed by atoms with van der Waals surface area (Å²) in [5, 5.41) is 2.94. The molecule has 0 saturated carbocycles. The molecule has 0 aliphatic heterocycles. The summed E-state index contributed by atoms with van der Waals surface area (Å²) in [5.74, 6) is -1.01. The van der Waals surface area contributed by atoms with Crippen LogP contribution >= 0.6 is 0 Å². The molecule has 0 aliphatic rings. The molecule has 0 spiro atoms. The lowest BCUT2D eigenvalue weighted by Gasteiger charge is -2.34. The smallest absolute Gasteiger partial charge is 0.264 e. The molecule has 0 bridgehead atoms. The standard InChI is InChI=1S/C36H40FN3O5S/c1-5-45-32-19-21-33(22-20-32)46(43,44)40(31-17-15-30(37)16-18-31)25-35(41)39(24-29-13-11-27(4)12-14-29)34(36(42)38-26(2)3)23-28-9-7-6-8-10-28/h6-22,26,34H,5,23-25H2,1-4H3,(H,38,42)/t34-/m1/s1. The lowest BCUT2D eigenvalue weighted by Crippen LogP contribution is -2.54. The van der Waals surface area contributed by atoms with Crippen molar-refractivity contribution in [3.63, 3.8) is 0 Å². The number of benzene rings is 4. The van der Waals surface area contributed by atoms with Crippen LogP contribution in [0.15, 0.2) is 108 Å². The lowest BCUT2D eigenvalue weighted by molar-refractivity contribution is -0.140. The van der Waals surface area contributed by atoms with E-state index >= 15 is 0 Å². The number of hydrogen-bond acceptors (Lipinski definition) is 5. The molecular weight excluding hydrogens is 605 g/mol. The van der Waals surface area contributed by atoms with E-state index in [4.69, 9.17) is 4.74 Å². The fourth-order valence-electron chi connectivity index (χ4n) is 4.96. The van der Waals surface area contributed by atoms with E-state index in [-0.39, 0.29) is 35.5 Å². The van der Waals surface area contributed by atoms with Crippen molar-refractivity contribution in [2.75, 3.05) is 17.5 Å². The summed E-state index contributed by atoms with van der Waals surface area (Å²) in [6, 6.07) is 26.6. The van der Waals surface area contributed by atoms with Crippen LogP contribution in [0.25, 0.3) is 0 Å². The van der Waals surface area contributed by atoms with E-state index in [2.05, 4.69) is 5.32 Å². The van der Waals surface area contributed by atoms with Crippen molar-refractivity contribution < 1.29 is 27.1 Å². The molecular formula is C36H40FN3O5S. The van der Waals surface area contributed by atoms with Crippen molar-refractivity contribution in [1.82, 2.24) is 10.2 Å². The first-order valence-electron chi connectivity index (χ1n) is 15.2.